The summed E-state index contributed by atoms with van der Waals surface area (Å²) in [4.78, 5) is 24.0. The summed E-state index contributed by atoms with van der Waals surface area (Å²) in [5.74, 6) is 0.0584. The highest BCUT2D eigenvalue weighted by Gasteiger charge is 2.27. The minimum absolute atomic E-state index is 0.0818. The topological polar surface area (TPSA) is 109 Å². The Kier molecular flexibility index (Phi) is 6.71. The minimum atomic E-state index is -3.51. The van der Waals surface area contributed by atoms with Crippen molar-refractivity contribution in [2.24, 2.45) is 5.92 Å². The van der Waals surface area contributed by atoms with E-state index in [0.29, 0.717) is 24.7 Å². The van der Waals surface area contributed by atoms with Gasteiger partial charge >= 0.3 is 0 Å². The Morgan fingerprint density at radius 3 is 2.45 bits per heavy atom. The van der Waals surface area contributed by atoms with Crippen molar-refractivity contribution in [3.63, 3.8) is 0 Å². The summed E-state index contributed by atoms with van der Waals surface area (Å²) in [6, 6.07) is 9.29. The molecule has 1 fully saturated rings. The lowest BCUT2D eigenvalue weighted by atomic mass is 10.0. The van der Waals surface area contributed by atoms with Crippen molar-refractivity contribution in [2.75, 3.05) is 25.0 Å². The largest absolute Gasteiger partial charge is 0.459 e. The van der Waals surface area contributed by atoms with Crippen molar-refractivity contribution in [3.05, 3.63) is 48.4 Å². The van der Waals surface area contributed by atoms with Gasteiger partial charge in [-0.05, 0) is 55.2 Å². The first-order chi connectivity index (χ1) is 13.9. The van der Waals surface area contributed by atoms with Crippen LogP contribution in [0.5, 0.6) is 0 Å². The predicted octanol–water partition coefficient (Wildman–Crippen LogP) is 2.46. The summed E-state index contributed by atoms with van der Waals surface area (Å²) in [5, 5.41) is 5.28. The molecule has 156 valence electrons. The van der Waals surface area contributed by atoms with Gasteiger partial charge in [0.25, 0.3) is 5.91 Å². The van der Waals surface area contributed by atoms with Crippen molar-refractivity contribution in [2.45, 2.75) is 31.1 Å². The molecule has 8 nitrogen and oxygen atoms in total. The Hall–Kier alpha value is -2.65. The molecule has 1 aromatic carbocycles. The fourth-order valence-corrected chi connectivity index (χ4v) is 4.56. The third-order valence-corrected chi connectivity index (χ3v) is 6.81. The van der Waals surface area contributed by atoms with Gasteiger partial charge in [-0.2, -0.15) is 4.31 Å². The number of amides is 2. The first-order valence-corrected chi connectivity index (χ1v) is 11.0. The molecule has 9 heteroatoms. The van der Waals surface area contributed by atoms with E-state index in [1.54, 1.807) is 18.2 Å². The standard InChI is InChI=1S/C20H25N3O5S/c1-15-9-12-23(13-10-15)29(26,27)17-6-4-16(5-7-17)22-19(24)8-11-21-20(25)18-3-2-14-28-18/h2-7,14-15H,8-13H2,1H3,(H,21,25)(H,22,24). The third-order valence-electron chi connectivity index (χ3n) is 4.90. The highest BCUT2D eigenvalue weighted by atomic mass is 32.2. The van der Waals surface area contributed by atoms with Crippen LogP contribution < -0.4 is 10.6 Å². The van der Waals surface area contributed by atoms with E-state index in [1.165, 1.54) is 28.8 Å². The number of sulfonamides is 1. The second kappa shape index (κ2) is 9.23. The molecule has 1 aliphatic rings. The van der Waals surface area contributed by atoms with Crippen LogP contribution >= 0.6 is 0 Å². The molecule has 1 saturated heterocycles. The van der Waals surface area contributed by atoms with Crippen LogP contribution in [0, 0.1) is 5.92 Å². The lowest BCUT2D eigenvalue weighted by Crippen LogP contribution is -2.37. The molecule has 3 rings (SSSR count). The molecule has 0 aliphatic carbocycles. The zero-order valence-electron chi connectivity index (χ0n) is 16.3. The van der Waals surface area contributed by atoms with Crippen molar-refractivity contribution in [1.29, 1.82) is 0 Å². The number of nitrogens with one attached hydrogen (secondary N) is 2. The third kappa shape index (κ3) is 5.45. The van der Waals surface area contributed by atoms with E-state index in [1.807, 2.05) is 0 Å². The van der Waals surface area contributed by atoms with E-state index < -0.39 is 10.0 Å². The monoisotopic (exact) mass is 419 g/mol. The number of carbonyl (C=O) groups is 2. The molecule has 0 radical (unpaired) electrons. The van der Waals surface area contributed by atoms with Gasteiger partial charge in [0.05, 0.1) is 11.2 Å². The Balaban J connectivity index is 1.49. The fourth-order valence-electron chi connectivity index (χ4n) is 3.09. The second-order valence-electron chi connectivity index (χ2n) is 7.14. The Morgan fingerprint density at radius 2 is 1.83 bits per heavy atom. The van der Waals surface area contributed by atoms with Gasteiger partial charge < -0.3 is 15.1 Å². The van der Waals surface area contributed by atoms with Gasteiger partial charge in [0.1, 0.15) is 0 Å². The molecular formula is C20H25N3O5S. The van der Waals surface area contributed by atoms with E-state index in [2.05, 4.69) is 17.6 Å². The number of benzene rings is 1. The Morgan fingerprint density at radius 1 is 1.14 bits per heavy atom. The van der Waals surface area contributed by atoms with Crippen LogP contribution in [0.25, 0.3) is 0 Å². The molecule has 29 heavy (non-hydrogen) atoms. The van der Waals surface area contributed by atoms with Crippen LogP contribution in [-0.4, -0.2) is 44.2 Å². The molecule has 2 N–H and O–H groups in total. The van der Waals surface area contributed by atoms with Gasteiger partial charge in [-0.15, -0.1) is 0 Å². The summed E-state index contributed by atoms with van der Waals surface area (Å²) in [7, 11) is -3.51. The van der Waals surface area contributed by atoms with Gasteiger partial charge in [0.2, 0.25) is 15.9 Å². The molecule has 0 bridgehead atoms. The average molecular weight is 420 g/mol. The van der Waals surface area contributed by atoms with Gasteiger partial charge in [-0.25, -0.2) is 8.42 Å². The van der Waals surface area contributed by atoms with Gasteiger partial charge in [-0.3, -0.25) is 9.59 Å². The number of rotatable bonds is 7. The molecule has 0 unspecified atom stereocenters. The normalized spacial score (nSPS) is 15.8. The molecule has 2 heterocycles. The summed E-state index contributed by atoms with van der Waals surface area (Å²) >= 11 is 0. The highest BCUT2D eigenvalue weighted by Crippen LogP contribution is 2.24. The van der Waals surface area contributed by atoms with Crippen molar-refractivity contribution in [3.8, 4) is 0 Å². The molecule has 2 aromatic rings. The Labute approximate surface area is 170 Å². The Bertz CT molecular complexity index is 931. The van der Waals surface area contributed by atoms with E-state index in [9.17, 15) is 18.0 Å². The van der Waals surface area contributed by atoms with Gasteiger partial charge in [0, 0.05) is 31.7 Å². The lowest BCUT2D eigenvalue weighted by molar-refractivity contribution is -0.116. The molecule has 1 aromatic heterocycles. The van der Waals surface area contributed by atoms with E-state index in [-0.39, 0.29) is 35.4 Å². The zero-order chi connectivity index (χ0) is 20.9. The summed E-state index contributed by atoms with van der Waals surface area (Å²) < 4.78 is 31.9. The van der Waals surface area contributed by atoms with Crippen LogP contribution in [0.15, 0.2) is 52.0 Å². The summed E-state index contributed by atoms with van der Waals surface area (Å²) in [6.45, 7) is 3.35. The molecule has 2 amide bonds. The molecule has 0 atom stereocenters. The maximum atomic E-state index is 12.7. The van der Waals surface area contributed by atoms with Gasteiger partial charge in [0.15, 0.2) is 5.76 Å². The predicted molar refractivity (Wildman–Crippen MR) is 108 cm³/mol. The molecule has 0 spiro atoms. The number of anilines is 1. The zero-order valence-corrected chi connectivity index (χ0v) is 17.1. The molecule has 1 aliphatic heterocycles. The van der Waals surface area contributed by atoms with Crippen molar-refractivity contribution >= 4 is 27.5 Å². The first kappa shape index (κ1) is 21.1. The summed E-state index contributed by atoms with van der Waals surface area (Å²) in [6.07, 6.45) is 3.21. The quantitative estimate of drug-likeness (QED) is 0.717. The van der Waals surface area contributed by atoms with Crippen LogP contribution in [0.2, 0.25) is 0 Å². The second-order valence-corrected chi connectivity index (χ2v) is 9.08. The summed E-state index contributed by atoms with van der Waals surface area (Å²) in [5.41, 5.74) is 0.499. The number of hydrogen-bond acceptors (Lipinski definition) is 5. The molecule has 0 saturated carbocycles. The number of hydrogen-bond donors (Lipinski definition) is 2. The maximum Gasteiger partial charge on any atom is 0.286 e. The average Bonchev–Trinajstić information content (AvgIpc) is 3.24. The number of nitrogens with zero attached hydrogens (tertiary/aromatic N) is 1. The fraction of sp³-hybridized carbons (Fsp3) is 0.400. The van der Waals surface area contributed by atoms with Crippen molar-refractivity contribution in [1.82, 2.24) is 9.62 Å². The van der Waals surface area contributed by atoms with Crippen LogP contribution in [0.4, 0.5) is 5.69 Å². The smallest absolute Gasteiger partial charge is 0.286 e. The number of furan rings is 1. The minimum Gasteiger partial charge on any atom is -0.459 e. The first-order valence-electron chi connectivity index (χ1n) is 9.58. The van der Waals surface area contributed by atoms with E-state index in [0.717, 1.165) is 12.8 Å². The van der Waals surface area contributed by atoms with Crippen molar-refractivity contribution < 1.29 is 22.4 Å². The maximum absolute atomic E-state index is 12.7. The SMILES string of the molecule is CC1CCN(S(=O)(=O)c2ccc(NC(=O)CCNC(=O)c3ccco3)cc2)CC1. The van der Waals surface area contributed by atoms with Crippen LogP contribution in [0.3, 0.4) is 0 Å². The van der Waals surface area contributed by atoms with Gasteiger partial charge in [-0.1, -0.05) is 6.92 Å². The van der Waals surface area contributed by atoms with E-state index in [4.69, 9.17) is 4.42 Å². The van der Waals surface area contributed by atoms with E-state index >= 15 is 0 Å². The van der Waals surface area contributed by atoms with Crippen LogP contribution in [-0.2, 0) is 14.8 Å². The van der Waals surface area contributed by atoms with Crippen LogP contribution in [0.1, 0.15) is 36.7 Å². The highest BCUT2D eigenvalue weighted by molar-refractivity contribution is 7.89. The number of carbonyl (C=O) groups excluding carboxylic acids is 2. The number of piperidine rings is 1. The lowest BCUT2D eigenvalue weighted by Gasteiger charge is -2.29. The molecular weight excluding hydrogens is 394 g/mol.